The number of hydrogen-bond donors (Lipinski definition) is 0. The van der Waals surface area contributed by atoms with Gasteiger partial charge in [-0.05, 0) is 35.4 Å². The zero-order chi connectivity index (χ0) is 14.8. The lowest BCUT2D eigenvalue weighted by Crippen LogP contribution is -2.07. The average Bonchev–Trinajstić information content (AvgIpc) is 2.46. The van der Waals surface area contributed by atoms with Crippen LogP contribution in [0.25, 0.3) is 11.1 Å². The molecule has 0 unspecified atom stereocenters. The maximum atomic E-state index is 12.9. The first-order valence-electron chi connectivity index (χ1n) is 5.78. The third-order valence-electron chi connectivity index (χ3n) is 2.90. The van der Waals surface area contributed by atoms with Gasteiger partial charge in [-0.1, -0.05) is 24.1 Å². The van der Waals surface area contributed by atoms with E-state index in [1.165, 1.54) is 13.2 Å². The van der Waals surface area contributed by atoms with E-state index in [0.29, 0.717) is 16.9 Å². The largest absolute Gasteiger partial charge is 0.497 e. The molecule has 0 radical (unpaired) electrons. The molecule has 0 bridgehead atoms. The highest BCUT2D eigenvalue weighted by atomic mass is 19.4. The summed E-state index contributed by atoms with van der Waals surface area (Å²) in [5.74, 6) is 2.70. The number of ether oxygens (including phenoxy) is 1. The van der Waals surface area contributed by atoms with Crippen molar-refractivity contribution in [2.45, 2.75) is 6.18 Å². The molecular formula is C16H11F3O. The molecule has 0 aliphatic carbocycles. The predicted octanol–water partition coefficient (Wildman–Crippen LogP) is 4.36. The first-order chi connectivity index (χ1) is 9.45. The van der Waals surface area contributed by atoms with Crippen molar-refractivity contribution in [2.24, 2.45) is 0 Å². The van der Waals surface area contributed by atoms with E-state index in [0.717, 1.165) is 6.07 Å². The van der Waals surface area contributed by atoms with E-state index in [1.54, 1.807) is 30.3 Å². The van der Waals surface area contributed by atoms with E-state index < -0.39 is 11.7 Å². The number of methoxy groups -OCH3 is 1. The highest BCUT2D eigenvalue weighted by molar-refractivity contribution is 5.67. The Morgan fingerprint density at radius 1 is 1.00 bits per heavy atom. The van der Waals surface area contributed by atoms with Crippen LogP contribution in [0, 0.1) is 12.3 Å². The van der Waals surface area contributed by atoms with Gasteiger partial charge in [0.05, 0.1) is 12.7 Å². The molecular weight excluding hydrogens is 265 g/mol. The predicted molar refractivity (Wildman–Crippen MR) is 71.4 cm³/mol. The van der Waals surface area contributed by atoms with Crippen LogP contribution < -0.4 is 4.74 Å². The van der Waals surface area contributed by atoms with Crippen LogP contribution in [0.15, 0.2) is 42.5 Å². The second-order valence-electron chi connectivity index (χ2n) is 4.13. The molecule has 0 spiro atoms. The summed E-state index contributed by atoms with van der Waals surface area (Å²) in [6.45, 7) is 0. The molecule has 4 heteroatoms. The molecule has 0 aliphatic rings. The molecule has 1 nitrogen and oxygen atoms in total. The minimum Gasteiger partial charge on any atom is -0.497 e. The van der Waals surface area contributed by atoms with Gasteiger partial charge in [-0.3, -0.25) is 0 Å². The standard InChI is InChI=1S/C16H11F3O/c1-3-11-4-5-13(10-15(11)16(17,18)19)12-6-8-14(20-2)9-7-12/h1,4-10H,2H3. The van der Waals surface area contributed by atoms with Crippen LogP contribution in [0.3, 0.4) is 0 Å². The van der Waals surface area contributed by atoms with Gasteiger partial charge in [0.15, 0.2) is 0 Å². The van der Waals surface area contributed by atoms with Crippen LogP contribution in [0.1, 0.15) is 11.1 Å². The molecule has 0 aliphatic heterocycles. The van der Waals surface area contributed by atoms with Crippen molar-refractivity contribution in [3.05, 3.63) is 53.6 Å². The minimum atomic E-state index is -4.47. The molecule has 0 saturated carbocycles. The van der Waals surface area contributed by atoms with Crippen molar-refractivity contribution in [3.8, 4) is 29.2 Å². The SMILES string of the molecule is C#Cc1ccc(-c2ccc(OC)cc2)cc1C(F)(F)F. The van der Waals surface area contributed by atoms with E-state index in [-0.39, 0.29) is 5.56 Å². The van der Waals surface area contributed by atoms with Gasteiger partial charge in [0, 0.05) is 5.56 Å². The first-order valence-corrected chi connectivity index (χ1v) is 5.78. The fourth-order valence-corrected chi connectivity index (χ4v) is 1.87. The van der Waals surface area contributed by atoms with E-state index in [9.17, 15) is 13.2 Å². The fourth-order valence-electron chi connectivity index (χ4n) is 1.87. The summed E-state index contributed by atoms with van der Waals surface area (Å²) in [6, 6.07) is 10.7. The lowest BCUT2D eigenvalue weighted by molar-refractivity contribution is -0.137. The Labute approximate surface area is 115 Å². The molecule has 0 heterocycles. The van der Waals surface area contributed by atoms with Crippen LogP contribution >= 0.6 is 0 Å². The molecule has 0 saturated heterocycles. The average molecular weight is 276 g/mol. The summed E-state index contributed by atoms with van der Waals surface area (Å²) < 4.78 is 43.8. The zero-order valence-corrected chi connectivity index (χ0v) is 10.7. The highest BCUT2D eigenvalue weighted by Gasteiger charge is 2.33. The summed E-state index contributed by atoms with van der Waals surface area (Å²) in [4.78, 5) is 0. The van der Waals surface area contributed by atoms with E-state index in [2.05, 4.69) is 5.92 Å². The molecule has 0 fully saturated rings. The lowest BCUT2D eigenvalue weighted by Gasteiger charge is -2.12. The monoisotopic (exact) mass is 276 g/mol. The fraction of sp³-hybridized carbons (Fsp3) is 0.125. The van der Waals surface area contributed by atoms with Crippen molar-refractivity contribution in [3.63, 3.8) is 0 Å². The summed E-state index contributed by atoms with van der Waals surface area (Å²) in [5.41, 5.74) is 0.168. The van der Waals surface area contributed by atoms with Crippen molar-refractivity contribution in [1.82, 2.24) is 0 Å². The van der Waals surface area contributed by atoms with Gasteiger partial charge in [-0.25, -0.2) is 0 Å². The van der Waals surface area contributed by atoms with Gasteiger partial charge in [0.25, 0.3) is 0 Å². The Kier molecular flexibility index (Phi) is 3.71. The summed E-state index contributed by atoms with van der Waals surface area (Å²) in [5, 5.41) is 0. The number of halogens is 3. The maximum Gasteiger partial charge on any atom is 0.417 e. The van der Waals surface area contributed by atoms with Crippen LogP contribution in [-0.2, 0) is 6.18 Å². The third-order valence-corrected chi connectivity index (χ3v) is 2.90. The highest BCUT2D eigenvalue weighted by Crippen LogP contribution is 2.35. The quantitative estimate of drug-likeness (QED) is 0.740. The first kappa shape index (κ1) is 14.0. The smallest absolute Gasteiger partial charge is 0.417 e. The van der Waals surface area contributed by atoms with Gasteiger partial charge < -0.3 is 4.74 Å². The second-order valence-corrected chi connectivity index (χ2v) is 4.13. The Morgan fingerprint density at radius 2 is 1.60 bits per heavy atom. The Morgan fingerprint density at radius 3 is 2.10 bits per heavy atom. The zero-order valence-electron chi connectivity index (χ0n) is 10.7. The van der Waals surface area contributed by atoms with Crippen LogP contribution in [0.2, 0.25) is 0 Å². The topological polar surface area (TPSA) is 9.23 Å². The molecule has 2 aromatic rings. The van der Waals surface area contributed by atoms with Gasteiger partial charge in [-0.2, -0.15) is 13.2 Å². The molecule has 0 N–H and O–H groups in total. The maximum absolute atomic E-state index is 12.9. The number of alkyl halides is 3. The molecule has 20 heavy (non-hydrogen) atoms. The Hall–Kier alpha value is -2.41. The van der Waals surface area contributed by atoms with Gasteiger partial charge in [0.2, 0.25) is 0 Å². The van der Waals surface area contributed by atoms with E-state index >= 15 is 0 Å². The van der Waals surface area contributed by atoms with Gasteiger partial charge in [-0.15, -0.1) is 6.42 Å². The number of rotatable bonds is 2. The lowest BCUT2D eigenvalue weighted by atomic mass is 9.99. The molecule has 0 aromatic heterocycles. The van der Waals surface area contributed by atoms with E-state index in [1.807, 2.05) is 0 Å². The molecule has 2 aromatic carbocycles. The van der Waals surface area contributed by atoms with Crippen LogP contribution in [0.5, 0.6) is 5.75 Å². The summed E-state index contributed by atoms with van der Waals surface area (Å²) >= 11 is 0. The summed E-state index contributed by atoms with van der Waals surface area (Å²) in [7, 11) is 1.53. The number of terminal acetylenes is 1. The molecule has 0 amide bonds. The molecule has 0 atom stereocenters. The van der Waals surface area contributed by atoms with Gasteiger partial charge >= 0.3 is 6.18 Å². The van der Waals surface area contributed by atoms with Crippen LogP contribution in [0.4, 0.5) is 13.2 Å². The van der Waals surface area contributed by atoms with E-state index in [4.69, 9.17) is 11.2 Å². The number of benzene rings is 2. The Bertz CT molecular complexity index is 649. The number of hydrogen-bond acceptors (Lipinski definition) is 1. The van der Waals surface area contributed by atoms with Gasteiger partial charge in [0.1, 0.15) is 5.75 Å². The van der Waals surface area contributed by atoms with Crippen molar-refractivity contribution >= 4 is 0 Å². The van der Waals surface area contributed by atoms with Crippen molar-refractivity contribution in [2.75, 3.05) is 7.11 Å². The van der Waals surface area contributed by atoms with Crippen molar-refractivity contribution < 1.29 is 17.9 Å². The minimum absolute atomic E-state index is 0.158. The van der Waals surface area contributed by atoms with Crippen molar-refractivity contribution in [1.29, 1.82) is 0 Å². The molecule has 2 rings (SSSR count). The normalized spacial score (nSPS) is 10.9. The van der Waals surface area contributed by atoms with Crippen LogP contribution in [-0.4, -0.2) is 7.11 Å². The third kappa shape index (κ3) is 2.77. The summed E-state index contributed by atoms with van der Waals surface area (Å²) in [6.07, 6.45) is 0.639. The second kappa shape index (κ2) is 5.30. The Balaban J connectivity index is 2.50. The molecule has 102 valence electrons.